The summed E-state index contributed by atoms with van der Waals surface area (Å²) in [7, 11) is 0. The van der Waals surface area contributed by atoms with Gasteiger partial charge in [-0.25, -0.2) is 9.78 Å². The van der Waals surface area contributed by atoms with Crippen LogP contribution in [-0.4, -0.2) is 22.0 Å². The van der Waals surface area contributed by atoms with E-state index in [0.29, 0.717) is 5.69 Å². The Kier molecular flexibility index (Phi) is 1.51. The minimum Gasteiger partial charge on any atom is -0.477 e. The monoisotopic (exact) mass is 178 g/mol. The Hall–Kier alpha value is -1.91. The molecule has 0 aromatic carbocycles. The number of carboxylic acid groups (broad SMARTS) is 1. The van der Waals surface area contributed by atoms with Crippen molar-refractivity contribution in [3.8, 4) is 0 Å². The van der Waals surface area contributed by atoms with E-state index in [1.54, 1.807) is 0 Å². The fourth-order valence-electron chi connectivity index (χ4n) is 1.23. The molecule has 1 aromatic heterocycles. The second kappa shape index (κ2) is 2.55. The van der Waals surface area contributed by atoms with E-state index in [4.69, 9.17) is 5.11 Å². The normalized spacial score (nSPS) is 13.7. The van der Waals surface area contributed by atoms with E-state index < -0.39 is 5.97 Å². The Bertz CT molecular complexity index is 400. The van der Waals surface area contributed by atoms with Gasteiger partial charge in [-0.3, -0.25) is 4.79 Å². The second-order valence-corrected chi connectivity index (χ2v) is 2.76. The topological polar surface area (TPSA) is 79.3 Å². The molecule has 0 saturated carbocycles. The molecule has 0 fully saturated rings. The summed E-state index contributed by atoms with van der Waals surface area (Å²) in [6.07, 6.45) is 1.69. The first-order chi connectivity index (χ1) is 6.16. The quantitative estimate of drug-likeness (QED) is 0.647. The molecule has 2 N–H and O–H groups in total. The number of carboxylic acids is 1. The molecule has 0 spiro atoms. The Morgan fingerprint density at radius 1 is 1.62 bits per heavy atom. The maximum absolute atomic E-state index is 10.9. The minimum atomic E-state index is -1.09. The largest absolute Gasteiger partial charge is 0.477 e. The van der Waals surface area contributed by atoms with Crippen LogP contribution >= 0.6 is 0 Å². The highest BCUT2D eigenvalue weighted by atomic mass is 16.4. The second-order valence-electron chi connectivity index (χ2n) is 2.76. The third-order valence-electron chi connectivity index (χ3n) is 1.83. The van der Waals surface area contributed by atoms with Crippen LogP contribution in [0.15, 0.2) is 12.3 Å². The zero-order chi connectivity index (χ0) is 9.42. The number of fused-ring (bicyclic) bond motifs is 1. The van der Waals surface area contributed by atoms with Crippen LogP contribution in [0, 0.1) is 0 Å². The smallest absolute Gasteiger partial charge is 0.354 e. The number of hydrogen-bond donors (Lipinski definition) is 2. The van der Waals surface area contributed by atoms with Gasteiger partial charge in [-0.1, -0.05) is 0 Å². The summed E-state index contributed by atoms with van der Waals surface area (Å²) >= 11 is 0. The standard InChI is InChI=1S/C8H6N2O3/c11-7-1-4-3-9-6(8(12)13)2-5(4)10-7/h2-3H,1H2,(H,10,11)(H,12,13). The molecule has 0 aliphatic carbocycles. The number of carbonyl (C=O) groups excluding carboxylic acids is 1. The molecular formula is C8H6N2O3. The van der Waals surface area contributed by atoms with E-state index in [9.17, 15) is 9.59 Å². The van der Waals surface area contributed by atoms with Crippen LogP contribution in [0.3, 0.4) is 0 Å². The van der Waals surface area contributed by atoms with E-state index in [0.717, 1.165) is 5.56 Å². The van der Waals surface area contributed by atoms with Crippen LogP contribution in [0.5, 0.6) is 0 Å². The maximum Gasteiger partial charge on any atom is 0.354 e. The van der Waals surface area contributed by atoms with Crippen molar-refractivity contribution in [3.63, 3.8) is 0 Å². The van der Waals surface area contributed by atoms with Crippen molar-refractivity contribution in [1.29, 1.82) is 0 Å². The van der Waals surface area contributed by atoms with Gasteiger partial charge in [-0.05, 0) is 6.07 Å². The number of hydrogen-bond acceptors (Lipinski definition) is 3. The first kappa shape index (κ1) is 7.72. The third-order valence-corrected chi connectivity index (χ3v) is 1.83. The van der Waals surface area contributed by atoms with E-state index in [1.807, 2.05) is 0 Å². The van der Waals surface area contributed by atoms with Gasteiger partial charge in [-0.2, -0.15) is 0 Å². The van der Waals surface area contributed by atoms with Gasteiger partial charge in [0.15, 0.2) is 0 Å². The zero-order valence-electron chi connectivity index (χ0n) is 6.57. The molecule has 66 valence electrons. The number of anilines is 1. The summed E-state index contributed by atoms with van der Waals surface area (Å²) in [4.78, 5) is 25.1. The van der Waals surface area contributed by atoms with Crippen LogP contribution in [0.2, 0.25) is 0 Å². The fraction of sp³-hybridized carbons (Fsp3) is 0.125. The molecule has 5 heteroatoms. The summed E-state index contributed by atoms with van der Waals surface area (Å²) in [6, 6.07) is 1.36. The Labute approximate surface area is 73.4 Å². The molecule has 1 aliphatic rings. The summed E-state index contributed by atoms with van der Waals surface area (Å²) < 4.78 is 0. The number of nitrogens with one attached hydrogen (secondary N) is 1. The SMILES string of the molecule is O=C1Cc2cnc(C(=O)O)cc2N1. The summed E-state index contributed by atoms with van der Waals surface area (Å²) in [6.45, 7) is 0. The number of amides is 1. The van der Waals surface area contributed by atoms with Crippen molar-refractivity contribution in [2.45, 2.75) is 6.42 Å². The van der Waals surface area contributed by atoms with Gasteiger partial charge in [0, 0.05) is 17.4 Å². The molecule has 5 nitrogen and oxygen atoms in total. The number of carbonyl (C=O) groups is 2. The van der Waals surface area contributed by atoms with E-state index in [2.05, 4.69) is 10.3 Å². The molecule has 2 heterocycles. The molecule has 1 amide bonds. The lowest BCUT2D eigenvalue weighted by Gasteiger charge is -1.98. The summed E-state index contributed by atoms with van der Waals surface area (Å²) in [5.41, 5.74) is 1.24. The number of rotatable bonds is 1. The van der Waals surface area contributed by atoms with Gasteiger partial charge in [0.25, 0.3) is 0 Å². The molecule has 0 atom stereocenters. The van der Waals surface area contributed by atoms with Crippen LogP contribution in [0.25, 0.3) is 0 Å². The number of aromatic carboxylic acids is 1. The highest BCUT2D eigenvalue weighted by Gasteiger charge is 2.19. The van der Waals surface area contributed by atoms with E-state index >= 15 is 0 Å². The van der Waals surface area contributed by atoms with Crippen molar-refractivity contribution in [3.05, 3.63) is 23.5 Å². The lowest BCUT2D eigenvalue weighted by Crippen LogP contribution is -2.04. The highest BCUT2D eigenvalue weighted by Crippen LogP contribution is 2.22. The average Bonchev–Trinajstić information content (AvgIpc) is 2.42. The van der Waals surface area contributed by atoms with Crippen LogP contribution in [-0.2, 0) is 11.2 Å². The lowest BCUT2D eigenvalue weighted by atomic mass is 10.2. The Balaban J connectivity index is 2.45. The van der Waals surface area contributed by atoms with Gasteiger partial charge in [0.1, 0.15) is 5.69 Å². The van der Waals surface area contributed by atoms with Crippen molar-refractivity contribution in [2.75, 3.05) is 5.32 Å². The van der Waals surface area contributed by atoms with Gasteiger partial charge < -0.3 is 10.4 Å². The van der Waals surface area contributed by atoms with E-state index in [1.165, 1.54) is 12.3 Å². The minimum absolute atomic E-state index is 0.0547. The highest BCUT2D eigenvalue weighted by molar-refractivity contribution is 6.00. The average molecular weight is 178 g/mol. The Morgan fingerprint density at radius 3 is 3.08 bits per heavy atom. The first-order valence-corrected chi connectivity index (χ1v) is 3.69. The number of pyridine rings is 1. The fourth-order valence-corrected chi connectivity index (χ4v) is 1.23. The van der Waals surface area contributed by atoms with Crippen LogP contribution in [0.4, 0.5) is 5.69 Å². The number of aromatic nitrogens is 1. The molecule has 0 unspecified atom stereocenters. The molecule has 1 aliphatic heterocycles. The predicted octanol–water partition coefficient (Wildman–Crippen LogP) is 0.274. The molecule has 0 radical (unpaired) electrons. The summed E-state index contributed by atoms with van der Waals surface area (Å²) in [5, 5.41) is 11.2. The van der Waals surface area contributed by atoms with Gasteiger partial charge in [-0.15, -0.1) is 0 Å². The molecule has 0 bridgehead atoms. The van der Waals surface area contributed by atoms with Crippen molar-refractivity contribution in [1.82, 2.24) is 4.98 Å². The Morgan fingerprint density at radius 2 is 2.38 bits per heavy atom. The number of nitrogens with zero attached hydrogens (tertiary/aromatic N) is 1. The van der Waals surface area contributed by atoms with E-state index in [-0.39, 0.29) is 18.0 Å². The summed E-state index contributed by atoms with van der Waals surface area (Å²) in [5.74, 6) is -1.22. The molecule has 0 saturated heterocycles. The predicted molar refractivity (Wildman–Crippen MR) is 43.5 cm³/mol. The van der Waals surface area contributed by atoms with Gasteiger partial charge in [0.05, 0.1) is 6.42 Å². The molecule has 1 aromatic rings. The lowest BCUT2D eigenvalue weighted by molar-refractivity contribution is -0.115. The van der Waals surface area contributed by atoms with Crippen molar-refractivity contribution < 1.29 is 14.7 Å². The molecule has 13 heavy (non-hydrogen) atoms. The zero-order valence-corrected chi connectivity index (χ0v) is 6.57. The van der Waals surface area contributed by atoms with Crippen LogP contribution < -0.4 is 5.32 Å². The van der Waals surface area contributed by atoms with Crippen molar-refractivity contribution in [2.24, 2.45) is 0 Å². The molecular weight excluding hydrogens is 172 g/mol. The van der Waals surface area contributed by atoms with Gasteiger partial charge >= 0.3 is 5.97 Å². The van der Waals surface area contributed by atoms with Gasteiger partial charge in [0.2, 0.25) is 5.91 Å². The van der Waals surface area contributed by atoms with Crippen LogP contribution in [0.1, 0.15) is 16.1 Å². The molecule has 2 rings (SSSR count). The maximum atomic E-state index is 10.9. The van der Waals surface area contributed by atoms with Crippen molar-refractivity contribution >= 4 is 17.6 Å². The first-order valence-electron chi connectivity index (χ1n) is 3.69. The third kappa shape index (κ3) is 1.24.